The molecule has 2 rings (SSSR count). The van der Waals surface area contributed by atoms with Crippen LogP contribution in [0.5, 0.6) is 0 Å². The summed E-state index contributed by atoms with van der Waals surface area (Å²) in [5.74, 6) is -0.829. The second kappa shape index (κ2) is 2.82. The number of aryl methyl sites for hydroxylation is 2. The number of rotatable bonds is 1. The van der Waals surface area contributed by atoms with Gasteiger partial charge in [-0.2, -0.15) is 0 Å². The van der Waals surface area contributed by atoms with Crippen molar-refractivity contribution in [3.8, 4) is 0 Å². The van der Waals surface area contributed by atoms with Gasteiger partial charge < -0.3 is 5.11 Å². The van der Waals surface area contributed by atoms with Crippen LogP contribution in [0.15, 0.2) is 6.07 Å². The fourth-order valence-electron chi connectivity index (χ4n) is 1.35. The Morgan fingerprint density at radius 1 is 1.31 bits per heavy atom. The quantitative estimate of drug-likeness (QED) is 0.787. The minimum atomic E-state index is -0.829. The molecule has 0 aliphatic carbocycles. The molecule has 0 aromatic carbocycles. The fourth-order valence-corrected chi connectivity index (χ4v) is 3.55. The standard InChI is InChI=1S/C9H8O2S2/c1-4-6-3-7(9(10)11)13-8(6)5(2)12-4/h3H,1-2H3,(H,10,11). The van der Waals surface area contributed by atoms with E-state index in [1.54, 1.807) is 17.4 Å². The monoisotopic (exact) mass is 212 g/mol. The molecule has 0 fully saturated rings. The first kappa shape index (κ1) is 8.72. The lowest BCUT2D eigenvalue weighted by Crippen LogP contribution is -1.89. The fraction of sp³-hybridized carbons (Fsp3) is 0.222. The SMILES string of the molecule is Cc1sc(C)c2sc(C(=O)O)cc12. The van der Waals surface area contributed by atoms with Crippen LogP contribution in [0.3, 0.4) is 0 Å². The third-order valence-corrected chi connectivity index (χ3v) is 4.36. The van der Waals surface area contributed by atoms with E-state index < -0.39 is 5.97 Å². The molecular formula is C9H8O2S2. The lowest BCUT2D eigenvalue weighted by molar-refractivity contribution is 0.0702. The van der Waals surface area contributed by atoms with Crippen molar-refractivity contribution in [2.24, 2.45) is 0 Å². The molecule has 0 bridgehead atoms. The molecule has 0 saturated carbocycles. The number of carboxylic acids is 1. The maximum atomic E-state index is 10.7. The summed E-state index contributed by atoms with van der Waals surface area (Å²) >= 11 is 3.09. The summed E-state index contributed by atoms with van der Waals surface area (Å²) in [7, 11) is 0. The Morgan fingerprint density at radius 3 is 2.54 bits per heavy atom. The number of hydrogen-bond donors (Lipinski definition) is 1. The van der Waals surface area contributed by atoms with Crippen LogP contribution in [0.4, 0.5) is 0 Å². The van der Waals surface area contributed by atoms with E-state index in [1.807, 2.05) is 13.8 Å². The number of carboxylic acid groups (broad SMARTS) is 1. The van der Waals surface area contributed by atoms with Gasteiger partial charge in [0.1, 0.15) is 4.88 Å². The lowest BCUT2D eigenvalue weighted by Gasteiger charge is -1.83. The molecule has 0 unspecified atom stereocenters. The molecule has 2 aromatic heterocycles. The Hall–Kier alpha value is -0.870. The highest BCUT2D eigenvalue weighted by Gasteiger charge is 2.13. The Balaban J connectivity index is 2.76. The van der Waals surface area contributed by atoms with E-state index in [2.05, 4.69) is 0 Å². The normalized spacial score (nSPS) is 10.9. The predicted molar refractivity (Wildman–Crippen MR) is 56.1 cm³/mol. The zero-order valence-electron chi connectivity index (χ0n) is 7.25. The summed E-state index contributed by atoms with van der Waals surface area (Å²) in [5, 5.41) is 9.90. The molecule has 0 amide bonds. The van der Waals surface area contributed by atoms with Gasteiger partial charge in [-0.25, -0.2) is 4.79 Å². The molecule has 0 atom stereocenters. The topological polar surface area (TPSA) is 37.3 Å². The first-order chi connectivity index (χ1) is 6.09. The van der Waals surface area contributed by atoms with Crippen LogP contribution in [-0.4, -0.2) is 11.1 Å². The molecular weight excluding hydrogens is 204 g/mol. The first-order valence-corrected chi connectivity index (χ1v) is 5.45. The van der Waals surface area contributed by atoms with Crippen LogP contribution < -0.4 is 0 Å². The average Bonchev–Trinajstić information content (AvgIpc) is 2.55. The third kappa shape index (κ3) is 1.26. The second-order valence-electron chi connectivity index (χ2n) is 2.87. The van der Waals surface area contributed by atoms with Crippen molar-refractivity contribution in [1.29, 1.82) is 0 Å². The van der Waals surface area contributed by atoms with E-state index in [4.69, 9.17) is 5.11 Å². The van der Waals surface area contributed by atoms with Crippen LogP contribution in [-0.2, 0) is 0 Å². The lowest BCUT2D eigenvalue weighted by atomic mass is 10.3. The summed E-state index contributed by atoms with van der Waals surface area (Å²) in [6, 6.07) is 1.77. The maximum Gasteiger partial charge on any atom is 0.345 e. The average molecular weight is 212 g/mol. The van der Waals surface area contributed by atoms with E-state index in [0.717, 1.165) is 10.1 Å². The highest BCUT2D eigenvalue weighted by atomic mass is 32.1. The Labute approximate surface area is 83.4 Å². The van der Waals surface area contributed by atoms with Gasteiger partial charge in [-0.3, -0.25) is 0 Å². The van der Waals surface area contributed by atoms with Gasteiger partial charge in [0.05, 0.1) is 0 Å². The van der Waals surface area contributed by atoms with Crippen molar-refractivity contribution in [1.82, 2.24) is 0 Å². The van der Waals surface area contributed by atoms with Gasteiger partial charge in [-0.1, -0.05) is 0 Å². The molecule has 0 saturated heterocycles. The molecule has 0 radical (unpaired) electrons. The highest BCUT2D eigenvalue weighted by Crippen LogP contribution is 2.36. The number of carbonyl (C=O) groups is 1. The van der Waals surface area contributed by atoms with Crippen LogP contribution in [0, 0.1) is 13.8 Å². The summed E-state index contributed by atoms with van der Waals surface area (Å²) in [6.45, 7) is 4.06. The van der Waals surface area contributed by atoms with Gasteiger partial charge in [0, 0.05) is 19.8 Å². The van der Waals surface area contributed by atoms with Crippen molar-refractivity contribution in [2.75, 3.05) is 0 Å². The number of fused-ring (bicyclic) bond motifs is 1. The molecule has 1 N–H and O–H groups in total. The van der Waals surface area contributed by atoms with Gasteiger partial charge in [-0.05, 0) is 19.9 Å². The zero-order valence-corrected chi connectivity index (χ0v) is 8.88. The van der Waals surface area contributed by atoms with Crippen molar-refractivity contribution >= 4 is 38.7 Å². The van der Waals surface area contributed by atoms with Crippen molar-refractivity contribution in [3.05, 3.63) is 20.7 Å². The minimum Gasteiger partial charge on any atom is -0.477 e. The maximum absolute atomic E-state index is 10.7. The van der Waals surface area contributed by atoms with E-state index in [-0.39, 0.29) is 0 Å². The molecule has 4 heteroatoms. The first-order valence-electron chi connectivity index (χ1n) is 3.82. The Bertz CT molecular complexity index is 444. The molecule has 2 nitrogen and oxygen atoms in total. The minimum absolute atomic E-state index is 0.434. The van der Waals surface area contributed by atoms with Crippen molar-refractivity contribution < 1.29 is 9.90 Å². The van der Waals surface area contributed by atoms with Crippen LogP contribution in [0.25, 0.3) is 10.1 Å². The predicted octanol–water partition coefficient (Wildman–Crippen LogP) is 3.28. The van der Waals surface area contributed by atoms with Crippen LogP contribution in [0.2, 0.25) is 0 Å². The molecule has 13 heavy (non-hydrogen) atoms. The van der Waals surface area contributed by atoms with Gasteiger partial charge in [0.25, 0.3) is 0 Å². The summed E-state index contributed by atoms with van der Waals surface area (Å²) in [4.78, 5) is 13.6. The summed E-state index contributed by atoms with van der Waals surface area (Å²) in [6.07, 6.45) is 0. The molecule has 0 aliphatic rings. The van der Waals surface area contributed by atoms with E-state index in [0.29, 0.717) is 4.88 Å². The summed E-state index contributed by atoms with van der Waals surface area (Å²) < 4.78 is 1.12. The van der Waals surface area contributed by atoms with Crippen molar-refractivity contribution in [3.63, 3.8) is 0 Å². The Kier molecular flexibility index (Phi) is 1.89. The van der Waals surface area contributed by atoms with Gasteiger partial charge in [0.2, 0.25) is 0 Å². The smallest absolute Gasteiger partial charge is 0.345 e. The number of thiophene rings is 2. The van der Waals surface area contributed by atoms with Crippen molar-refractivity contribution in [2.45, 2.75) is 13.8 Å². The second-order valence-corrected chi connectivity index (χ2v) is 5.35. The number of hydrogen-bond acceptors (Lipinski definition) is 3. The third-order valence-electron chi connectivity index (χ3n) is 1.95. The number of aromatic carboxylic acids is 1. The molecule has 0 spiro atoms. The van der Waals surface area contributed by atoms with E-state index >= 15 is 0 Å². The molecule has 2 heterocycles. The van der Waals surface area contributed by atoms with Gasteiger partial charge in [-0.15, -0.1) is 22.7 Å². The van der Waals surface area contributed by atoms with Crippen LogP contribution in [0.1, 0.15) is 19.4 Å². The van der Waals surface area contributed by atoms with Gasteiger partial charge in [0.15, 0.2) is 0 Å². The Morgan fingerprint density at radius 2 is 2.00 bits per heavy atom. The molecule has 68 valence electrons. The molecule has 2 aromatic rings. The van der Waals surface area contributed by atoms with E-state index in [1.165, 1.54) is 21.1 Å². The largest absolute Gasteiger partial charge is 0.477 e. The van der Waals surface area contributed by atoms with E-state index in [9.17, 15) is 4.79 Å². The zero-order chi connectivity index (χ0) is 9.59. The molecule has 0 aliphatic heterocycles. The highest BCUT2D eigenvalue weighted by molar-refractivity contribution is 7.25. The summed E-state index contributed by atoms with van der Waals surface area (Å²) in [5.41, 5.74) is 0. The van der Waals surface area contributed by atoms with Gasteiger partial charge >= 0.3 is 5.97 Å². The van der Waals surface area contributed by atoms with Crippen LogP contribution >= 0.6 is 22.7 Å².